The van der Waals surface area contributed by atoms with Crippen molar-refractivity contribution < 1.29 is 28.7 Å². The summed E-state index contributed by atoms with van der Waals surface area (Å²) in [5.74, 6) is -5.51. The van der Waals surface area contributed by atoms with Crippen LogP contribution in [0.4, 0.5) is 5.69 Å². The minimum atomic E-state index is -1.46. The Morgan fingerprint density at radius 3 is 2.13 bits per heavy atom. The Labute approximate surface area is 140 Å². The molecule has 1 heterocycles. The van der Waals surface area contributed by atoms with Gasteiger partial charge in [-0.3, -0.25) is 24.1 Å². The summed E-state index contributed by atoms with van der Waals surface area (Å²) in [7, 11) is 2.21. The normalized spacial score (nSPS) is 17.6. The fourth-order valence-electron chi connectivity index (χ4n) is 2.46. The molecule has 0 aliphatic carbocycles. The largest absolute Gasteiger partial charge is 0.468 e. The number of benzene rings is 1. The molecule has 1 fully saturated rings. The number of carbonyl (C=O) groups is 4. The number of imide groups is 1. The highest BCUT2D eigenvalue weighted by Crippen LogP contribution is 2.32. The Kier molecular flexibility index (Phi) is 5.15. The summed E-state index contributed by atoms with van der Waals surface area (Å²) in [6, 6.07) is 6.55. The average molecular weight is 384 g/mol. The van der Waals surface area contributed by atoms with Crippen LogP contribution < -0.4 is 4.90 Å². The monoisotopic (exact) mass is 383 g/mol. The molecule has 0 aromatic heterocycles. The lowest BCUT2D eigenvalue weighted by Gasteiger charge is -2.18. The zero-order valence-electron chi connectivity index (χ0n) is 12.4. The molecule has 1 aliphatic rings. The molecule has 0 radical (unpaired) electrons. The standard InChI is InChI=1S/C15H14BrNO6/c1-22-14(20)12(15(21)23-2)10-7-11(18)17(13(10)19)9-5-3-8(16)4-6-9/h3-6,10,12H,7H2,1-2H3. The maximum Gasteiger partial charge on any atom is 0.320 e. The van der Waals surface area contributed by atoms with Crippen molar-refractivity contribution in [3.63, 3.8) is 0 Å². The second-order valence-electron chi connectivity index (χ2n) is 4.88. The molecule has 1 atom stereocenters. The van der Waals surface area contributed by atoms with E-state index < -0.39 is 35.6 Å². The molecular weight excluding hydrogens is 370 g/mol. The number of ether oxygens (including phenoxy) is 2. The van der Waals surface area contributed by atoms with E-state index in [1.54, 1.807) is 24.3 Å². The molecular formula is C15H14BrNO6. The smallest absolute Gasteiger partial charge is 0.320 e. The molecule has 0 N–H and O–H groups in total. The molecule has 1 aromatic rings. The van der Waals surface area contributed by atoms with Crippen molar-refractivity contribution in [2.75, 3.05) is 19.1 Å². The molecule has 1 aromatic carbocycles. The van der Waals surface area contributed by atoms with Crippen LogP contribution >= 0.6 is 15.9 Å². The van der Waals surface area contributed by atoms with E-state index in [4.69, 9.17) is 0 Å². The molecule has 0 saturated carbocycles. The molecule has 1 unspecified atom stereocenters. The van der Waals surface area contributed by atoms with Crippen LogP contribution in [0.5, 0.6) is 0 Å². The highest BCUT2D eigenvalue weighted by atomic mass is 79.9. The Balaban J connectivity index is 2.34. The average Bonchev–Trinajstić information content (AvgIpc) is 2.83. The maximum atomic E-state index is 12.6. The maximum absolute atomic E-state index is 12.6. The third-order valence-corrected chi connectivity index (χ3v) is 4.11. The summed E-state index contributed by atoms with van der Waals surface area (Å²) >= 11 is 3.27. The summed E-state index contributed by atoms with van der Waals surface area (Å²) in [6.45, 7) is 0. The van der Waals surface area contributed by atoms with Crippen LogP contribution in [0.1, 0.15) is 6.42 Å². The van der Waals surface area contributed by atoms with E-state index in [1.165, 1.54) is 0 Å². The van der Waals surface area contributed by atoms with Crippen LogP contribution in [0, 0.1) is 11.8 Å². The van der Waals surface area contributed by atoms with Crippen LogP contribution in [0.2, 0.25) is 0 Å². The van der Waals surface area contributed by atoms with Gasteiger partial charge in [0.1, 0.15) is 0 Å². The first-order valence-electron chi connectivity index (χ1n) is 6.68. The summed E-state index contributed by atoms with van der Waals surface area (Å²) in [4.78, 5) is 49.4. The lowest BCUT2D eigenvalue weighted by Crippen LogP contribution is -2.38. The second-order valence-corrected chi connectivity index (χ2v) is 5.79. The number of rotatable bonds is 4. The van der Waals surface area contributed by atoms with Gasteiger partial charge in [0, 0.05) is 10.9 Å². The zero-order valence-corrected chi connectivity index (χ0v) is 14.0. The molecule has 0 spiro atoms. The number of nitrogens with zero attached hydrogens (tertiary/aromatic N) is 1. The number of hydrogen-bond donors (Lipinski definition) is 0. The number of halogens is 1. The predicted octanol–water partition coefficient (Wildman–Crippen LogP) is 1.29. The summed E-state index contributed by atoms with van der Waals surface area (Å²) in [5.41, 5.74) is 0.374. The molecule has 1 aliphatic heterocycles. The Bertz CT molecular complexity index is 640. The van der Waals surface area contributed by atoms with Crippen molar-refractivity contribution in [3.05, 3.63) is 28.7 Å². The van der Waals surface area contributed by atoms with Gasteiger partial charge in [0.15, 0.2) is 5.92 Å². The van der Waals surface area contributed by atoms with E-state index in [2.05, 4.69) is 25.4 Å². The number of hydrogen-bond acceptors (Lipinski definition) is 6. The van der Waals surface area contributed by atoms with E-state index in [-0.39, 0.29) is 6.42 Å². The van der Waals surface area contributed by atoms with Crippen LogP contribution in [0.3, 0.4) is 0 Å². The minimum Gasteiger partial charge on any atom is -0.468 e. The molecule has 0 bridgehead atoms. The highest BCUT2D eigenvalue weighted by Gasteiger charge is 2.50. The zero-order chi connectivity index (χ0) is 17.1. The van der Waals surface area contributed by atoms with E-state index in [0.29, 0.717) is 5.69 Å². The third-order valence-electron chi connectivity index (χ3n) is 3.58. The van der Waals surface area contributed by atoms with E-state index in [0.717, 1.165) is 23.6 Å². The first-order valence-corrected chi connectivity index (χ1v) is 7.48. The van der Waals surface area contributed by atoms with Gasteiger partial charge < -0.3 is 9.47 Å². The third kappa shape index (κ3) is 3.26. The Morgan fingerprint density at radius 1 is 1.13 bits per heavy atom. The molecule has 2 amide bonds. The van der Waals surface area contributed by atoms with Crippen molar-refractivity contribution in [2.45, 2.75) is 6.42 Å². The Hall–Kier alpha value is -2.22. The quantitative estimate of drug-likeness (QED) is 0.442. The van der Waals surface area contributed by atoms with Gasteiger partial charge in [-0.15, -0.1) is 0 Å². The lowest BCUT2D eigenvalue weighted by molar-refractivity contribution is -0.163. The molecule has 122 valence electrons. The summed E-state index contributed by atoms with van der Waals surface area (Å²) in [6.07, 6.45) is -0.260. The molecule has 7 nitrogen and oxygen atoms in total. The number of methoxy groups -OCH3 is 2. The Morgan fingerprint density at radius 2 is 1.65 bits per heavy atom. The van der Waals surface area contributed by atoms with Crippen LogP contribution in [0.15, 0.2) is 28.7 Å². The van der Waals surface area contributed by atoms with Crippen molar-refractivity contribution in [3.8, 4) is 0 Å². The lowest BCUT2D eigenvalue weighted by atomic mass is 9.91. The first kappa shape index (κ1) is 17.1. The van der Waals surface area contributed by atoms with Crippen molar-refractivity contribution in [2.24, 2.45) is 11.8 Å². The van der Waals surface area contributed by atoms with Gasteiger partial charge in [-0.2, -0.15) is 0 Å². The SMILES string of the molecule is COC(=O)C(C(=O)OC)C1CC(=O)N(c2ccc(Br)cc2)C1=O. The minimum absolute atomic E-state index is 0.260. The first-order chi connectivity index (χ1) is 10.9. The molecule has 8 heteroatoms. The predicted molar refractivity (Wildman–Crippen MR) is 82.3 cm³/mol. The number of anilines is 1. The van der Waals surface area contributed by atoms with Gasteiger partial charge in [0.05, 0.1) is 25.8 Å². The van der Waals surface area contributed by atoms with Crippen LogP contribution in [-0.4, -0.2) is 38.0 Å². The van der Waals surface area contributed by atoms with E-state index in [1.807, 2.05) is 0 Å². The van der Waals surface area contributed by atoms with Crippen molar-refractivity contribution >= 4 is 45.4 Å². The number of esters is 2. The van der Waals surface area contributed by atoms with Gasteiger partial charge >= 0.3 is 11.9 Å². The van der Waals surface area contributed by atoms with E-state index >= 15 is 0 Å². The molecule has 23 heavy (non-hydrogen) atoms. The molecule has 1 saturated heterocycles. The fraction of sp³-hybridized carbons (Fsp3) is 0.333. The highest BCUT2D eigenvalue weighted by molar-refractivity contribution is 9.10. The summed E-state index contributed by atoms with van der Waals surface area (Å²) < 4.78 is 9.91. The summed E-state index contributed by atoms with van der Waals surface area (Å²) in [5, 5.41) is 0. The number of amides is 2. The van der Waals surface area contributed by atoms with Gasteiger partial charge in [-0.05, 0) is 24.3 Å². The van der Waals surface area contributed by atoms with Gasteiger partial charge in [-0.1, -0.05) is 15.9 Å². The van der Waals surface area contributed by atoms with Crippen molar-refractivity contribution in [1.29, 1.82) is 0 Å². The van der Waals surface area contributed by atoms with E-state index in [9.17, 15) is 19.2 Å². The van der Waals surface area contributed by atoms with Gasteiger partial charge in [-0.25, -0.2) is 0 Å². The topological polar surface area (TPSA) is 90.0 Å². The second kappa shape index (κ2) is 6.91. The van der Waals surface area contributed by atoms with Gasteiger partial charge in [0.25, 0.3) is 0 Å². The fourth-order valence-corrected chi connectivity index (χ4v) is 2.72. The molecule has 2 rings (SSSR count). The van der Waals surface area contributed by atoms with Crippen LogP contribution in [0.25, 0.3) is 0 Å². The number of carbonyl (C=O) groups excluding carboxylic acids is 4. The van der Waals surface area contributed by atoms with Crippen molar-refractivity contribution in [1.82, 2.24) is 0 Å². The van der Waals surface area contributed by atoms with Gasteiger partial charge in [0.2, 0.25) is 11.8 Å². The van der Waals surface area contributed by atoms with Crippen LogP contribution in [-0.2, 0) is 28.7 Å².